The van der Waals surface area contributed by atoms with Gasteiger partial charge in [-0.25, -0.2) is 9.48 Å². The Hall–Kier alpha value is -3.95. The van der Waals surface area contributed by atoms with E-state index in [1.165, 1.54) is 6.07 Å². The van der Waals surface area contributed by atoms with E-state index in [0.717, 1.165) is 5.69 Å². The van der Waals surface area contributed by atoms with Gasteiger partial charge in [-0.3, -0.25) is 19.8 Å². The van der Waals surface area contributed by atoms with Crippen molar-refractivity contribution in [1.29, 1.82) is 0 Å². The Balaban J connectivity index is 1.43. The highest BCUT2D eigenvalue weighted by Crippen LogP contribution is 2.25. The number of carbonyl (C=O) groups is 1. The van der Waals surface area contributed by atoms with Gasteiger partial charge >= 0.3 is 6.09 Å². The van der Waals surface area contributed by atoms with Gasteiger partial charge in [-0.1, -0.05) is 6.08 Å². The number of ether oxygens (including phenoxy) is 2. The molecule has 3 heterocycles. The van der Waals surface area contributed by atoms with Crippen molar-refractivity contribution >= 4 is 12.3 Å². The highest BCUT2D eigenvalue weighted by Gasteiger charge is 2.24. The Bertz CT molecular complexity index is 1230. The lowest BCUT2D eigenvalue weighted by atomic mass is 9.92. The van der Waals surface area contributed by atoms with E-state index < -0.39 is 11.7 Å². The molecular weight excluding hydrogens is 424 g/mol. The van der Waals surface area contributed by atoms with Gasteiger partial charge < -0.3 is 9.47 Å². The normalized spacial score (nSPS) is 19.4. The van der Waals surface area contributed by atoms with Crippen molar-refractivity contribution in [2.24, 2.45) is 18.0 Å². The quantitative estimate of drug-likeness (QED) is 0.749. The molecule has 2 aliphatic rings. The lowest BCUT2D eigenvalue weighted by Gasteiger charge is -2.25. The minimum Gasteiger partial charge on any atom is -0.487 e. The van der Waals surface area contributed by atoms with Gasteiger partial charge in [-0.05, 0) is 39.0 Å². The summed E-state index contributed by atoms with van der Waals surface area (Å²) < 4.78 is 14.4. The molecule has 0 saturated carbocycles. The molecule has 1 N–H and O–H groups in total. The second-order valence-electron chi connectivity index (χ2n) is 8.76. The third-order valence-corrected chi connectivity index (χ3v) is 4.82. The molecule has 0 saturated heterocycles. The smallest absolute Gasteiger partial charge is 0.412 e. The Morgan fingerprint density at radius 3 is 2.82 bits per heavy atom. The zero-order valence-electron chi connectivity index (χ0n) is 18.9. The summed E-state index contributed by atoms with van der Waals surface area (Å²) in [6, 6.07) is 1.37. The number of dihydropyridines is 1. The molecule has 33 heavy (non-hydrogen) atoms. The van der Waals surface area contributed by atoms with E-state index in [4.69, 9.17) is 9.47 Å². The first-order valence-corrected chi connectivity index (χ1v) is 10.5. The first kappa shape index (κ1) is 22.3. The molecule has 2 aromatic rings. The zero-order chi connectivity index (χ0) is 23.6. The number of carbonyl (C=O) groups excluding carboxylic acids is 1. The molecule has 1 aliphatic carbocycles. The molecule has 2 unspecified atom stereocenters. The van der Waals surface area contributed by atoms with E-state index in [1.807, 2.05) is 31.4 Å². The number of hydrogen-bond acceptors (Lipinski definition) is 7. The van der Waals surface area contributed by atoms with Crippen LogP contribution >= 0.6 is 0 Å². The number of amides is 1. The molecule has 172 valence electrons. The standard InChI is InChI=1S/C23H26N6O4/c1-23(2,3)33-22(31)26-16-9-15-10-18(5-6-19(15)24-11-16)32-14-20-21(30)7-8-29(27-20)17-12-25-28(4)13-17/h5-13,15,19H,14H2,1-4H3,(H,26,31). The third kappa shape index (κ3) is 5.65. The maximum Gasteiger partial charge on any atom is 0.412 e. The van der Waals surface area contributed by atoms with Crippen LogP contribution in [0.15, 0.2) is 70.2 Å². The van der Waals surface area contributed by atoms with E-state index in [0.29, 0.717) is 11.5 Å². The van der Waals surface area contributed by atoms with E-state index in [1.54, 1.807) is 54.9 Å². The lowest BCUT2D eigenvalue weighted by molar-refractivity contribution is 0.0549. The maximum absolute atomic E-state index is 12.3. The minimum atomic E-state index is -0.589. The number of aryl methyl sites for hydroxylation is 1. The SMILES string of the molecule is Cn1cc(-n2ccc(=O)c(COC3=CC4C=C(NC(=O)OC(C)(C)C)C=NC4C=C3)n2)cn1. The van der Waals surface area contributed by atoms with Gasteiger partial charge in [0, 0.05) is 31.4 Å². The number of fused-ring (bicyclic) bond motifs is 1. The number of nitrogens with zero attached hydrogens (tertiary/aromatic N) is 5. The van der Waals surface area contributed by atoms with Crippen LogP contribution < -0.4 is 10.7 Å². The fraction of sp³-hybridized carbons (Fsp3) is 0.348. The van der Waals surface area contributed by atoms with Crippen molar-refractivity contribution in [3.8, 4) is 5.69 Å². The molecule has 4 rings (SSSR count). The number of nitrogens with one attached hydrogen (secondary N) is 1. The van der Waals surface area contributed by atoms with Crippen LogP contribution in [0.3, 0.4) is 0 Å². The number of aliphatic imine (C=N–C) groups is 1. The van der Waals surface area contributed by atoms with Crippen LogP contribution in [0.2, 0.25) is 0 Å². The number of hydrogen-bond donors (Lipinski definition) is 1. The molecule has 0 fully saturated rings. The second kappa shape index (κ2) is 8.89. The molecule has 0 bridgehead atoms. The zero-order valence-corrected chi connectivity index (χ0v) is 18.9. The van der Waals surface area contributed by atoms with Crippen LogP contribution in [-0.2, 0) is 23.1 Å². The van der Waals surface area contributed by atoms with E-state index in [2.05, 4.69) is 20.5 Å². The van der Waals surface area contributed by atoms with Crippen LogP contribution in [0.5, 0.6) is 0 Å². The first-order chi connectivity index (χ1) is 15.7. The Morgan fingerprint density at radius 2 is 2.09 bits per heavy atom. The summed E-state index contributed by atoms with van der Waals surface area (Å²) in [5, 5.41) is 11.2. The summed E-state index contributed by atoms with van der Waals surface area (Å²) in [4.78, 5) is 28.8. The predicted octanol–water partition coefficient (Wildman–Crippen LogP) is 2.41. The average molecular weight is 450 g/mol. The van der Waals surface area contributed by atoms with Crippen molar-refractivity contribution < 1.29 is 14.3 Å². The largest absolute Gasteiger partial charge is 0.487 e. The summed E-state index contributed by atoms with van der Waals surface area (Å²) in [5.74, 6) is 0.495. The Labute approximate surface area is 190 Å². The lowest BCUT2D eigenvalue weighted by Crippen LogP contribution is -2.34. The molecule has 1 aliphatic heterocycles. The maximum atomic E-state index is 12.3. The Kier molecular flexibility index (Phi) is 5.99. The van der Waals surface area contributed by atoms with Gasteiger partial charge in [-0.2, -0.15) is 10.2 Å². The molecule has 0 aromatic carbocycles. The number of aromatic nitrogens is 4. The monoisotopic (exact) mass is 450 g/mol. The van der Waals surface area contributed by atoms with Crippen molar-refractivity contribution in [2.45, 2.75) is 39.0 Å². The van der Waals surface area contributed by atoms with Crippen molar-refractivity contribution in [3.05, 3.63) is 76.3 Å². The van der Waals surface area contributed by atoms with Gasteiger partial charge in [0.15, 0.2) is 0 Å². The van der Waals surface area contributed by atoms with Crippen molar-refractivity contribution in [2.75, 3.05) is 0 Å². The second-order valence-corrected chi connectivity index (χ2v) is 8.76. The number of allylic oxidation sites excluding steroid dienone is 2. The highest BCUT2D eigenvalue weighted by atomic mass is 16.6. The molecule has 1 amide bonds. The minimum absolute atomic E-state index is 0.0174. The molecule has 0 spiro atoms. The average Bonchev–Trinajstić information content (AvgIpc) is 3.17. The van der Waals surface area contributed by atoms with Gasteiger partial charge in [0.1, 0.15) is 29.3 Å². The van der Waals surface area contributed by atoms with E-state index in [-0.39, 0.29) is 29.7 Å². The highest BCUT2D eigenvalue weighted by molar-refractivity contribution is 5.86. The summed E-state index contributed by atoms with van der Waals surface area (Å²) in [5.41, 5.74) is 0.782. The van der Waals surface area contributed by atoms with Crippen LogP contribution in [0, 0.1) is 5.92 Å². The molecule has 10 heteroatoms. The fourth-order valence-corrected chi connectivity index (χ4v) is 3.34. The number of alkyl carbamates (subject to hydrolysis) is 1. The Morgan fingerprint density at radius 1 is 1.27 bits per heavy atom. The van der Waals surface area contributed by atoms with Gasteiger partial charge in [-0.15, -0.1) is 0 Å². The molecule has 0 radical (unpaired) electrons. The van der Waals surface area contributed by atoms with Crippen LogP contribution in [0.4, 0.5) is 4.79 Å². The van der Waals surface area contributed by atoms with E-state index >= 15 is 0 Å². The first-order valence-electron chi connectivity index (χ1n) is 10.5. The molecular formula is C23H26N6O4. The van der Waals surface area contributed by atoms with E-state index in [9.17, 15) is 9.59 Å². The molecule has 10 nitrogen and oxygen atoms in total. The third-order valence-electron chi connectivity index (χ3n) is 4.82. The summed E-state index contributed by atoms with van der Waals surface area (Å²) in [6.07, 6.45) is 13.7. The van der Waals surface area contributed by atoms with Crippen molar-refractivity contribution in [3.63, 3.8) is 0 Å². The van der Waals surface area contributed by atoms with Crippen LogP contribution in [-0.4, -0.2) is 43.5 Å². The molecule has 2 atom stereocenters. The van der Waals surface area contributed by atoms with Crippen LogP contribution in [0.25, 0.3) is 5.69 Å². The van der Waals surface area contributed by atoms with Crippen LogP contribution in [0.1, 0.15) is 26.5 Å². The van der Waals surface area contributed by atoms with Gasteiger partial charge in [0.05, 0.1) is 24.1 Å². The summed E-state index contributed by atoms with van der Waals surface area (Å²) >= 11 is 0. The van der Waals surface area contributed by atoms with Gasteiger partial charge in [0.25, 0.3) is 0 Å². The van der Waals surface area contributed by atoms with Gasteiger partial charge in [0.2, 0.25) is 5.43 Å². The summed E-state index contributed by atoms with van der Waals surface area (Å²) in [7, 11) is 1.81. The molecule has 2 aromatic heterocycles. The summed E-state index contributed by atoms with van der Waals surface area (Å²) in [6.45, 7) is 5.43. The fourth-order valence-electron chi connectivity index (χ4n) is 3.34. The topological polar surface area (TPSA) is 113 Å². The van der Waals surface area contributed by atoms with Crippen molar-refractivity contribution in [1.82, 2.24) is 24.9 Å². The number of rotatable bonds is 5. The predicted molar refractivity (Wildman–Crippen MR) is 122 cm³/mol.